The van der Waals surface area contributed by atoms with Gasteiger partial charge in [0.25, 0.3) is 0 Å². The predicted octanol–water partition coefficient (Wildman–Crippen LogP) is 1.24. The molecule has 1 saturated heterocycles. The first-order valence-electron chi connectivity index (χ1n) is 3.35. The summed E-state index contributed by atoms with van der Waals surface area (Å²) >= 11 is 0. The number of hydrogen-bond donors (Lipinski definition) is 0. The Hall–Kier alpha value is -0.0800. The van der Waals surface area contributed by atoms with Gasteiger partial charge in [0.2, 0.25) is 0 Å². The first-order chi connectivity index (χ1) is 4.33. The minimum Gasteiger partial charge on any atom is -0.350 e. The van der Waals surface area contributed by atoms with Crippen LogP contribution in [0.15, 0.2) is 0 Å². The normalized spacial score (nSPS) is 35.3. The van der Waals surface area contributed by atoms with Crippen molar-refractivity contribution in [1.29, 1.82) is 0 Å². The zero-order valence-electron chi connectivity index (χ0n) is 5.67. The van der Waals surface area contributed by atoms with Gasteiger partial charge < -0.3 is 9.47 Å². The molecule has 2 unspecified atom stereocenters. The van der Waals surface area contributed by atoms with Crippen molar-refractivity contribution in [3.63, 3.8) is 0 Å². The fourth-order valence-corrected chi connectivity index (χ4v) is 0.863. The van der Waals surface area contributed by atoms with E-state index in [0.717, 1.165) is 12.8 Å². The second-order valence-corrected chi connectivity index (χ2v) is 2.23. The molecular formula is C7H12O2. The van der Waals surface area contributed by atoms with E-state index in [4.69, 9.17) is 16.4 Å². The molecule has 0 spiro atoms. The van der Waals surface area contributed by atoms with Crippen molar-refractivity contribution in [2.45, 2.75) is 32.2 Å². The maximum absolute atomic E-state index is 5.41. The van der Waals surface area contributed by atoms with Crippen LogP contribution in [-0.2, 0) is 9.47 Å². The molecule has 0 amide bonds. The van der Waals surface area contributed by atoms with Crippen LogP contribution in [0.3, 0.4) is 0 Å². The fourth-order valence-electron chi connectivity index (χ4n) is 0.863. The third kappa shape index (κ3) is 1.95. The van der Waals surface area contributed by atoms with E-state index >= 15 is 0 Å². The third-order valence-electron chi connectivity index (χ3n) is 1.30. The molecule has 2 radical (unpaired) electrons. The molecular weight excluding hydrogens is 116 g/mol. The van der Waals surface area contributed by atoms with Crippen molar-refractivity contribution < 1.29 is 9.47 Å². The lowest BCUT2D eigenvalue weighted by Gasteiger charge is -2.05. The summed E-state index contributed by atoms with van der Waals surface area (Å²) < 4.78 is 10.3. The van der Waals surface area contributed by atoms with Crippen molar-refractivity contribution in [2.24, 2.45) is 0 Å². The Kier molecular flexibility index (Phi) is 2.49. The van der Waals surface area contributed by atoms with Crippen LogP contribution < -0.4 is 0 Å². The van der Waals surface area contributed by atoms with Crippen molar-refractivity contribution >= 4 is 0 Å². The van der Waals surface area contributed by atoms with E-state index in [-0.39, 0.29) is 12.4 Å². The second kappa shape index (κ2) is 3.18. The Bertz CT molecular complexity index is 81.0. The maximum Gasteiger partial charge on any atom is 0.158 e. The van der Waals surface area contributed by atoms with E-state index in [9.17, 15) is 0 Å². The van der Waals surface area contributed by atoms with E-state index in [0.29, 0.717) is 6.61 Å². The Morgan fingerprint density at radius 2 is 2.44 bits per heavy atom. The zero-order chi connectivity index (χ0) is 6.69. The molecule has 0 aromatic rings. The standard InChI is InChI=1S/C7H12O2/c1-3-4-7-8-5-6(2)9-7/h2,6-7H,3-5H2,1H3. The summed E-state index contributed by atoms with van der Waals surface area (Å²) in [7, 11) is 0. The molecule has 0 aliphatic carbocycles. The Morgan fingerprint density at radius 3 is 2.89 bits per heavy atom. The average Bonchev–Trinajstić information content (AvgIpc) is 2.17. The molecule has 2 nitrogen and oxygen atoms in total. The molecule has 0 aromatic carbocycles. The van der Waals surface area contributed by atoms with Crippen LogP contribution >= 0.6 is 0 Å². The SMILES string of the molecule is [CH]C1COC(CCC)O1. The van der Waals surface area contributed by atoms with Crippen LogP contribution in [-0.4, -0.2) is 19.0 Å². The van der Waals surface area contributed by atoms with Crippen LogP contribution in [0.25, 0.3) is 0 Å². The van der Waals surface area contributed by atoms with Gasteiger partial charge in [-0.3, -0.25) is 0 Å². The minimum absolute atomic E-state index is 0.0370. The highest BCUT2D eigenvalue weighted by molar-refractivity contribution is 4.65. The lowest BCUT2D eigenvalue weighted by Crippen LogP contribution is -2.08. The van der Waals surface area contributed by atoms with Gasteiger partial charge in [0.1, 0.15) is 0 Å². The molecule has 1 rings (SSSR count). The first kappa shape index (κ1) is 7.03. The summed E-state index contributed by atoms with van der Waals surface area (Å²) in [4.78, 5) is 0. The first-order valence-corrected chi connectivity index (χ1v) is 3.35. The van der Waals surface area contributed by atoms with Crippen LogP contribution in [0.4, 0.5) is 0 Å². The summed E-state index contributed by atoms with van der Waals surface area (Å²) in [5.74, 6) is 0. The third-order valence-corrected chi connectivity index (χ3v) is 1.30. The second-order valence-electron chi connectivity index (χ2n) is 2.23. The van der Waals surface area contributed by atoms with E-state index in [1.165, 1.54) is 0 Å². The van der Waals surface area contributed by atoms with Crippen LogP contribution in [0.5, 0.6) is 0 Å². The van der Waals surface area contributed by atoms with Crippen molar-refractivity contribution in [3.8, 4) is 0 Å². The van der Waals surface area contributed by atoms with Crippen molar-refractivity contribution in [2.75, 3.05) is 6.61 Å². The topological polar surface area (TPSA) is 18.5 Å². The van der Waals surface area contributed by atoms with E-state index in [2.05, 4.69) is 6.92 Å². The molecule has 2 heteroatoms. The van der Waals surface area contributed by atoms with E-state index in [1.54, 1.807) is 0 Å². The van der Waals surface area contributed by atoms with E-state index in [1.807, 2.05) is 0 Å². The molecule has 1 aliphatic heterocycles. The molecule has 1 heterocycles. The number of rotatable bonds is 2. The molecule has 0 aromatic heterocycles. The number of ether oxygens (including phenoxy) is 2. The summed E-state index contributed by atoms with van der Waals surface area (Å²) in [6, 6.07) is 0. The van der Waals surface area contributed by atoms with Gasteiger partial charge >= 0.3 is 0 Å². The summed E-state index contributed by atoms with van der Waals surface area (Å²) in [6.07, 6.45) is 1.80. The Balaban J connectivity index is 2.14. The van der Waals surface area contributed by atoms with E-state index < -0.39 is 0 Å². The van der Waals surface area contributed by atoms with Gasteiger partial charge in [-0.25, -0.2) is 0 Å². The molecule has 9 heavy (non-hydrogen) atoms. The zero-order valence-corrected chi connectivity index (χ0v) is 5.67. The van der Waals surface area contributed by atoms with Gasteiger partial charge in [0, 0.05) is 0 Å². The van der Waals surface area contributed by atoms with Gasteiger partial charge in [0.15, 0.2) is 6.29 Å². The van der Waals surface area contributed by atoms with Crippen LogP contribution in [0.2, 0.25) is 0 Å². The molecule has 0 bridgehead atoms. The largest absolute Gasteiger partial charge is 0.350 e. The summed E-state index contributed by atoms with van der Waals surface area (Å²) in [5, 5.41) is 0. The number of hydrogen-bond acceptors (Lipinski definition) is 2. The monoisotopic (exact) mass is 128 g/mol. The Labute approximate surface area is 56.2 Å². The van der Waals surface area contributed by atoms with Gasteiger partial charge in [-0.05, 0) is 13.3 Å². The fraction of sp³-hybridized carbons (Fsp3) is 0.857. The molecule has 0 N–H and O–H groups in total. The molecule has 2 atom stereocenters. The summed E-state index contributed by atoms with van der Waals surface area (Å²) in [6.45, 7) is 8.05. The van der Waals surface area contributed by atoms with Gasteiger partial charge in [-0.1, -0.05) is 13.3 Å². The minimum atomic E-state index is -0.193. The highest BCUT2D eigenvalue weighted by Gasteiger charge is 2.20. The maximum atomic E-state index is 5.41. The molecule has 0 saturated carbocycles. The van der Waals surface area contributed by atoms with Gasteiger partial charge in [-0.2, -0.15) is 0 Å². The summed E-state index contributed by atoms with van der Waals surface area (Å²) in [5.41, 5.74) is 0. The average molecular weight is 128 g/mol. The lowest BCUT2D eigenvalue weighted by molar-refractivity contribution is -0.0559. The van der Waals surface area contributed by atoms with Crippen molar-refractivity contribution in [1.82, 2.24) is 0 Å². The molecule has 1 fully saturated rings. The van der Waals surface area contributed by atoms with Crippen LogP contribution in [0, 0.1) is 6.92 Å². The highest BCUT2D eigenvalue weighted by Crippen LogP contribution is 2.14. The highest BCUT2D eigenvalue weighted by atomic mass is 16.7. The lowest BCUT2D eigenvalue weighted by atomic mass is 10.3. The van der Waals surface area contributed by atoms with Crippen molar-refractivity contribution in [3.05, 3.63) is 6.92 Å². The predicted molar refractivity (Wildman–Crippen MR) is 33.8 cm³/mol. The smallest absolute Gasteiger partial charge is 0.158 e. The van der Waals surface area contributed by atoms with Gasteiger partial charge in [0.05, 0.1) is 12.7 Å². The quantitative estimate of drug-likeness (QED) is 0.557. The van der Waals surface area contributed by atoms with Gasteiger partial charge in [-0.15, -0.1) is 0 Å². The molecule has 52 valence electrons. The van der Waals surface area contributed by atoms with Crippen LogP contribution in [0.1, 0.15) is 19.8 Å². The molecule has 1 aliphatic rings. The Morgan fingerprint density at radius 1 is 1.67 bits per heavy atom.